The molecule has 0 atom stereocenters. The van der Waals surface area contributed by atoms with Crippen LogP contribution >= 0.6 is 27.5 Å². The van der Waals surface area contributed by atoms with E-state index >= 15 is 0 Å². The summed E-state index contributed by atoms with van der Waals surface area (Å²) in [5, 5.41) is 0.448. The molecule has 1 saturated carbocycles. The van der Waals surface area contributed by atoms with Crippen LogP contribution in [0.1, 0.15) is 24.5 Å². The predicted octanol–water partition coefficient (Wildman–Crippen LogP) is 4.03. The van der Waals surface area contributed by atoms with Crippen molar-refractivity contribution in [1.82, 2.24) is 9.97 Å². The Balaban J connectivity index is 2.13. The zero-order chi connectivity index (χ0) is 11.1. The molecular weight excluding hydrogens is 291 g/mol. The molecule has 0 aromatic carbocycles. The van der Waals surface area contributed by atoms with Gasteiger partial charge in [-0.1, -0.05) is 11.6 Å². The maximum atomic E-state index is 6.07. The number of furan rings is 1. The number of rotatable bonds is 2. The summed E-state index contributed by atoms with van der Waals surface area (Å²) in [6.45, 7) is 0. The van der Waals surface area contributed by atoms with Crippen molar-refractivity contribution < 1.29 is 4.42 Å². The highest BCUT2D eigenvalue weighted by atomic mass is 79.9. The lowest BCUT2D eigenvalue weighted by Gasteiger charge is -2.05. The number of hydrogen-bond acceptors (Lipinski definition) is 3. The zero-order valence-electron chi connectivity index (χ0n) is 8.28. The minimum Gasteiger partial charge on any atom is -0.461 e. The van der Waals surface area contributed by atoms with E-state index < -0.39 is 0 Å². The van der Waals surface area contributed by atoms with Crippen LogP contribution in [0.4, 0.5) is 0 Å². The number of nitrogens with zero attached hydrogens (tertiary/aromatic N) is 2. The molecule has 2 aromatic heterocycles. The van der Waals surface area contributed by atoms with Gasteiger partial charge in [-0.05, 0) is 40.9 Å². The fourth-order valence-corrected chi connectivity index (χ4v) is 2.26. The van der Waals surface area contributed by atoms with E-state index in [1.165, 1.54) is 12.8 Å². The molecule has 1 aliphatic carbocycles. The van der Waals surface area contributed by atoms with E-state index in [1.54, 1.807) is 6.26 Å². The molecule has 3 rings (SSSR count). The number of aromatic nitrogens is 2. The standard InChI is InChI=1S/C11H8BrClN2O/c12-8-9(6-3-4-6)14-11(15-10(8)13)7-2-1-5-16-7/h1-2,5-6H,3-4H2. The van der Waals surface area contributed by atoms with Gasteiger partial charge in [0.05, 0.1) is 16.4 Å². The first-order chi connectivity index (χ1) is 7.75. The van der Waals surface area contributed by atoms with Crippen molar-refractivity contribution in [2.75, 3.05) is 0 Å². The molecule has 3 nitrogen and oxygen atoms in total. The van der Waals surface area contributed by atoms with E-state index in [4.69, 9.17) is 16.0 Å². The Kier molecular flexibility index (Phi) is 2.48. The van der Waals surface area contributed by atoms with Crippen molar-refractivity contribution in [2.24, 2.45) is 0 Å². The van der Waals surface area contributed by atoms with Crippen LogP contribution in [0.3, 0.4) is 0 Å². The van der Waals surface area contributed by atoms with Gasteiger partial charge in [0, 0.05) is 5.92 Å². The van der Waals surface area contributed by atoms with E-state index in [0.29, 0.717) is 22.7 Å². The molecule has 0 amide bonds. The average Bonchev–Trinajstić information content (AvgIpc) is 2.96. The van der Waals surface area contributed by atoms with Crippen LogP contribution in [0.25, 0.3) is 11.6 Å². The summed E-state index contributed by atoms with van der Waals surface area (Å²) >= 11 is 9.50. The smallest absolute Gasteiger partial charge is 0.197 e. The Bertz CT molecular complexity index is 523. The molecule has 2 aromatic rings. The van der Waals surface area contributed by atoms with E-state index in [9.17, 15) is 0 Å². The molecular formula is C11H8BrClN2O. The molecule has 0 bridgehead atoms. The minimum atomic E-state index is 0.448. The average molecular weight is 300 g/mol. The first-order valence-electron chi connectivity index (χ1n) is 5.02. The Morgan fingerprint density at radius 1 is 1.38 bits per heavy atom. The van der Waals surface area contributed by atoms with Gasteiger partial charge in [0.1, 0.15) is 5.15 Å². The number of hydrogen-bond donors (Lipinski definition) is 0. The SMILES string of the molecule is Clc1nc(-c2ccco2)nc(C2CC2)c1Br. The minimum absolute atomic E-state index is 0.448. The summed E-state index contributed by atoms with van der Waals surface area (Å²) in [5.41, 5.74) is 0.992. The third-order valence-corrected chi connectivity index (χ3v) is 3.83. The van der Waals surface area contributed by atoms with Crippen LogP contribution in [0.2, 0.25) is 5.15 Å². The Morgan fingerprint density at radius 3 is 2.81 bits per heavy atom. The van der Waals surface area contributed by atoms with Crippen molar-refractivity contribution in [3.63, 3.8) is 0 Å². The lowest BCUT2D eigenvalue weighted by Crippen LogP contribution is -1.96. The summed E-state index contributed by atoms with van der Waals surface area (Å²) in [5.74, 6) is 1.72. The fourth-order valence-electron chi connectivity index (χ4n) is 1.58. The Morgan fingerprint density at radius 2 is 2.19 bits per heavy atom. The van der Waals surface area contributed by atoms with E-state index in [0.717, 1.165) is 10.2 Å². The van der Waals surface area contributed by atoms with Crippen molar-refractivity contribution in [2.45, 2.75) is 18.8 Å². The van der Waals surface area contributed by atoms with E-state index in [1.807, 2.05) is 12.1 Å². The summed E-state index contributed by atoms with van der Waals surface area (Å²) in [7, 11) is 0. The normalized spacial score (nSPS) is 15.4. The zero-order valence-corrected chi connectivity index (χ0v) is 10.6. The number of halogens is 2. The Labute approximate surface area is 106 Å². The molecule has 5 heteroatoms. The van der Waals surface area contributed by atoms with Gasteiger partial charge in [0.2, 0.25) is 0 Å². The van der Waals surface area contributed by atoms with Gasteiger partial charge in [-0.2, -0.15) is 0 Å². The van der Waals surface area contributed by atoms with Gasteiger partial charge in [-0.3, -0.25) is 0 Å². The van der Waals surface area contributed by atoms with Gasteiger partial charge >= 0.3 is 0 Å². The monoisotopic (exact) mass is 298 g/mol. The van der Waals surface area contributed by atoms with Crippen molar-refractivity contribution >= 4 is 27.5 Å². The van der Waals surface area contributed by atoms with Gasteiger partial charge in [0.25, 0.3) is 0 Å². The fraction of sp³-hybridized carbons (Fsp3) is 0.273. The lowest BCUT2D eigenvalue weighted by atomic mass is 10.3. The summed E-state index contributed by atoms with van der Waals surface area (Å²) in [6.07, 6.45) is 3.94. The molecule has 0 saturated heterocycles. The summed E-state index contributed by atoms with van der Waals surface area (Å²) in [6, 6.07) is 3.64. The molecule has 2 heterocycles. The highest BCUT2D eigenvalue weighted by molar-refractivity contribution is 9.10. The largest absolute Gasteiger partial charge is 0.461 e. The molecule has 0 unspecified atom stereocenters. The van der Waals surface area contributed by atoms with Gasteiger partial charge in [-0.25, -0.2) is 9.97 Å². The first kappa shape index (κ1) is 10.3. The summed E-state index contributed by atoms with van der Waals surface area (Å²) in [4.78, 5) is 8.70. The highest BCUT2D eigenvalue weighted by Crippen LogP contribution is 2.44. The Hall–Kier alpha value is -0.870. The van der Waals surface area contributed by atoms with Crippen LogP contribution in [-0.2, 0) is 0 Å². The highest BCUT2D eigenvalue weighted by Gasteiger charge is 2.29. The lowest BCUT2D eigenvalue weighted by molar-refractivity contribution is 0.576. The molecule has 16 heavy (non-hydrogen) atoms. The maximum absolute atomic E-state index is 6.07. The van der Waals surface area contributed by atoms with Crippen molar-refractivity contribution in [3.05, 3.63) is 33.7 Å². The third kappa shape index (κ3) is 1.76. The van der Waals surface area contributed by atoms with E-state index in [-0.39, 0.29) is 0 Å². The van der Waals surface area contributed by atoms with Crippen LogP contribution < -0.4 is 0 Å². The van der Waals surface area contributed by atoms with Gasteiger partial charge < -0.3 is 4.42 Å². The third-order valence-electron chi connectivity index (χ3n) is 2.54. The van der Waals surface area contributed by atoms with Crippen molar-refractivity contribution in [1.29, 1.82) is 0 Å². The predicted molar refractivity (Wildman–Crippen MR) is 64.4 cm³/mol. The molecule has 82 valence electrons. The molecule has 0 aliphatic heterocycles. The molecule has 1 fully saturated rings. The second-order valence-corrected chi connectivity index (χ2v) is 4.94. The second-order valence-electron chi connectivity index (χ2n) is 3.79. The molecule has 0 spiro atoms. The maximum Gasteiger partial charge on any atom is 0.197 e. The topological polar surface area (TPSA) is 38.9 Å². The second kappa shape index (κ2) is 3.86. The quantitative estimate of drug-likeness (QED) is 0.786. The molecule has 0 radical (unpaired) electrons. The van der Waals surface area contributed by atoms with Crippen LogP contribution in [0.15, 0.2) is 27.3 Å². The van der Waals surface area contributed by atoms with Gasteiger partial charge in [-0.15, -0.1) is 0 Å². The first-order valence-corrected chi connectivity index (χ1v) is 6.19. The van der Waals surface area contributed by atoms with Crippen LogP contribution in [0.5, 0.6) is 0 Å². The van der Waals surface area contributed by atoms with Crippen LogP contribution in [-0.4, -0.2) is 9.97 Å². The van der Waals surface area contributed by atoms with Crippen molar-refractivity contribution in [3.8, 4) is 11.6 Å². The van der Waals surface area contributed by atoms with Crippen LogP contribution in [0, 0.1) is 0 Å². The molecule has 1 aliphatic rings. The molecule has 0 N–H and O–H groups in total. The summed E-state index contributed by atoms with van der Waals surface area (Å²) < 4.78 is 6.08. The van der Waals surface area contributed by atoms with E-state index in [2.05, 4.69) is 25.9 Å². The van der Waals surface area contributed by atoms with Gasteiger partial charge in [0.15, 0.2) is 11.6 Å².